The van der Waals surface area contributed by atoms with Gasteiger partial charge in [0.1, 0.15) is 6.04 Å². The Balaban J connectivity index is 1.45. The van der Waals surface area contributed by atoms with Crippen LogP contribution in [0.5, 0.6) is 0 Å². The van der Waals surface area contributed by atoms with Crippen LogP contribution in [0.15, 0.2) is 47.4 Å². The molecular weight excluding hydrogens is 446 g/mol. The number of amides is 1. The Morgan fingerprint density at radius 2 is 1.88 bits per heavy atom. The molecule has 1 aliphatic heterocycles. The Morgan fingerprint density at radius 3 is 2.66 bits per heavy atom. The third kappa shape index (κ3) is 3.48. The van der Waals surface area contributed by atoms with Gasteiger partial charge in [0, 0.05) is 13.1 Å². The maximum atomic E-state index is 13.5. The lowest BCUT2D eigenvalue weighted by molar-refractivity contribution is -0.121. The zero-order valence-corrected chi connectivity index (χ0v) is 19.6. The first-order chi connectivity index (χ1) is 15.2. The fourth-order valence-corrected chi connectivity index (χ4v) is 6.36. The molecule has 0 unspecified atom stereocenters. The van der Waals surface area contributed by atoms with Crippen LogP contribution in [-0.4, -0.2) is 41.4 Å². The highest BCUT2D eigenvalue weighted by atomic mass is 32.2. The first-order valence-corrected chi connectivity index (χ1v) is 12.7. The van der Waals surface area contributed by atoms with Gasteiger partial charge in [0.15, 0.2) is 0 Å². The van der Waals surface area contributed by atoms with E-state index in [2.05, 4.69) is 14.7 Å². The minimum Gasteiger partial charge on any atom is -0.308 e. The van der Waals surface area contributed by atoms with E-state index in [9.17, 15) is 13.2 Å². The highest BCUT2D eigenvalue weighted by Crippen LogP contribution is 2.29. The number of nitrogens with one attached hydrogen (secondary N) is 1. The van der Waals surface area contributed by atoms with E-state index in [0.29, 0.717) is 19.0 Å². The molecule has 0 saturated heterocycles. The van der Waals surface area contributed by atoms with Gasteiger partial charge in [0.2, 0.25) is 21.9 Å². The van der Waals surface area contributed by atoms with Crippen LogP contribution in [-0.2, 0) is 21.4 Å². The number of para-hydroxylation sites is 2. The summed E-state index contributed by atoms with van der Waals surface area (Å²) in [5.74, 6) is 0.0139. The van der Waals surface area contributed by atoms with Crippen molar-refractivity contribution in [2.75, 3.05) is 11.4 Å². The summed E-state index contributed by atoms with van der Waals surface area (Å²) < 4.78 is 31.8. The average Bonchev–Trinajstić information content (AvgIpc) is 3.42. The molecule has 0 radical (unpaired) electrons. The van der Waals surface area contributed by atoms with Crippen molar-refractivity contribution < 1.29 is 13.2 Å². The molecule has 4 aromatic rings. The van der Waals surface area contributed by atoms with Gasteiger partial charge in [-0.15, -0.1) is 11.3 Å². The van der Waals surface area contributed by atoms with Crippen molar-refractivity contribution in [3.05, 3.63) is 47.5 Å². The molecule has 2 aromatic heterocycles. The van der Waals surface area contributed by atoms with Crippen molar-refractivity contribution in [2.45, 2.75) is 38.3 Å². The number of carbonyl (C=O) groups is 1. The molecule has 0 saturated carbocycles. The number of benzene rings is 2. The fourth-order valence-electron chi connectivity index (χ4n) is 4.06. The molecule has 10 heteroatoms. The Labute approximate surface area is 189 Å². The standard InChI is InChI=1S/C22H23N5O3S2/c1-13(2)20(25-32(29,30)15-8-9-17-19(12-15)31-14(3)23-17)21(28)27-11-10-26-18-7-5-4-6-16(18)24-22(26)27/h4-9,12-13,20,25H,10-11H2,1-3H3/t20-/m1/s1. The van der Waals surface area contributed by atoms with Crippen LogP contribution in [0.2, 0.25) is 0 Å². The van der Waals surface area contributed by atoms with Gasteiger partial charge in [0.25, 0.3) is 0 Å². The number of rotatable bonds is 5. The van der Waals surface area contributed by atoms with Gasteiger partial charge < -0.3 is 4.57 Å². The maximum Gasteiger partial charge on any atom is 0.247 e. The number of sulfonamides is 1. The number of aromatic nitrogens is 3. The SMILES string of the molecule is Cc1nc2ccc(S(=O)(=O)N[C@@H](C(=O)N3CCn4c3nc3ccccc34)C(C)C)cc2s1. The number of aryl methyl sites for hydroxylation is 1. The molecule has 1 amide bonds. The van der Waals surface area contributed by atoms with Crippen molar-refractivity contribution in [1.82, 2.24) is 19.3 Å². The molecule has 32 heavy (non-hydrogen) atoms. The molecular formula is C22H23N5O3S2. The molecule has 5 rings (SSSR count). The molecule has 1 N–H and O–H groups in total. The molecule has 166 valence electrons. The van der Waals surface area contributed by atoms with Gasteiger partial charge in [-0.25, -0.2) is 18.4 Å². The van der Waals surface area contributed by atoms with Crippen molar-refractivity contribution in [2.24, 2.45) is 5.92 Å². The molecule has 0 aliphatic carbocycles. The molecule has 8 nitrogen and oxygen atoms in total. The number of thiazole rings is 1. The molecule has 0 bridgehead atoms. The summed E-state index contributed by atoms with van der Waals surface area (Å²) in [6.07, 6.45) is 0. The molecule has 0 fully saturated rings. The lowest BCUT2D eigenvalue weighted by Crippen LogP contribution is -2.51. The summed E-state index contributed by atoms with van der Waals surface area (Å²) in [6, 6.07) is 11.6. The van der Waals surface area contributed by atoms with Crippen LogP contribution in [0, 0.1) is 12.8 Å². The number of fused-ring (bicyclic) bond motifs is 4. The molecule has 0 spiro atoms. The zero-order valence-electron chi connectivity index (χ0n) is 17.9. The summed E-state index contributed by atoms with van der Waals surface area (Å²) in [4.78, 5) is 24.2. The van der Waals surface area contributed by atoms with E-state index in [0.717, 1.165) is 26.3 Å². The second-order valence-corrected chi connectivity index (χ2v) is 11.2. The Kier molecular flexibility index (Phi) is 5.03. The highest BCUT2D eigenvalue weighted by molar-refractivity contribution is 7.89. The lowest BCUT2D eigenvalue weighted by Gasteiger charge is -2.25. The van der Waals surface area contributed by atoms with E-state index in [-0.39, 0.29) is 16.7 Å². The quantitative estimate of drug-likeness (QED) is 0.484. The van der Waals surface area contributed by atoms with Crippen LogP contribution < -0.4 is 9.62 Å². The van der Waals surface area contributed by atoms with Gasteiger partial charge in [-0.05, 0) is 43.2 Å². The van der Waals surface area contributed by atoms with Crippen molar-refractivity contribution in [3.63, 3.8) is 0 Å². The van der Waals surface area contributed by atoms with E-state index in [4.69, 9.17) is 0 Å². The normalized spacial score (nSPS) is 15.1. The first-order valence-electron chi connectivity index (χ1n) is 10.4. The second kappa shape index (κ2) is 7.65. The van der Waals surface area contributed by atoms with Crippen LogP contribution in [0.4, 0.5) is 5.95 Å². The Morgan fingerprint density at radius 1 is 1.09 bits per heavy atom. The third-order valence-electron chi connectivity index (χ3n) is 5.68. The fraction of sp³-hybridized carbons (Fsp3) is 0.318. The van der Waals surface area contributed by atoms with Crippen LogP contribution in [0.1, 0.15) is 18.9 Å². The summed E-state index contributed by atoms with van der Waals surface area (Å²) in [6.45, 7) is 6.64. The zero-order chi connectivity index (χ0) is 22.6. The lowest BCUT2D eigenvalue weighted by atomic mass is 10.0. The second-order valence-electron chi connectivity index (χ2n) is 8.25. The van der Waals surface area contributed by atoms with Crippen molar-refractivity contribution in [3.8, 4) is 0 Å². The number of hydrogen-bond acceptors (Lipinski definition) is 6. The first kappa shape index (κ1) is 21.0. The van der Waals surface area contributed by atoms with Gasteiger partial charge in [0.05, 0.1) is 31.2 Å². The maximum absolute atomic E-state index is 13.5. The van der Waals surface area contributed by atoms with E-state index >= 15 is 0 Å². The topological polar surface area (TPSA) is 97.2 Å². The summed E-state index contributed by atoms with van der Waals surface area (Å²) >= 11 is 1.44. The molecule has 3 heterocycles. The third-order valence-corrected chi connectivity index (χ3v) is 8.05. The van der Waals surface area contributed by atoms with Gasteiger partial charge >= 0.3 is 0 Å². The summed E-state index contributed by atoms with van der Waals surface area (Å²) in [5.41, 5.74) is 2.54. The van der Waals surface area contributed by atoms with Gasteiger partial charge in [-0.3, -0.25) is 9.69 Å². The molecule has 1 aliphatic rings. The molecule has 2 aromatic carbocycles. The van der Waals surface area contributed by atoms with E-state index in [1.807, 2.05) is 49.6 Å². The van der Waals surface area contributed by atoms with Crippen LogP contribution >= 0.6 is 11.3 Å². The summed E-state index contributed by atoms with van der Waals surface area (Å²) in [7, 11) is -3.91. The van der Waals surface area contributed by atoms with E-state index < -0.39 is 16.1 Å². The average molecular weight is 470 g/mol. The predicted octanol–water partition coefficient (Wildman–Crippen LogP) is 3.30. The smallest absolute Gasteiger partial charge is 0.247 e. The largest absolute Gasteiger partial charge is 0.308 e. The van der Waals surface area contributed by atoms with Gasteiger partial charge in [-0.2, -0.15) is 4.72 Å². The Hall–Kier alpha value is -2.82. The highest BCUT2D eigenvalue weighted by Gasteiger charge is 2.36. The predicted molar refractivity (Wildman–Crippen MR) is 125 cm³/mol. The van der Waals surface area contributed by atoms with Crippen molar-refractivity contribution >= 4 is 54.5 Å². The van der Waals surface area contributed by atoms with Crippen LogP contribution in [0.3, 0.4) is 0 Å². The van der Waals surface area contributed by atoms with Crippen LogP contribution in [0.25, 0.3) is 21.3 Å². The van der Waals surface area contributed by atoms with E-state index in [1.165, 1.54) is 17.4 Å². The minimum atomic E-state index is -3.91. The molecule has 1 atom stereocenters. The number of nitrogens with zero attached hydrogens (tertiary/aromatic N) is 4. The van der Waals surface area contributed by atoms with Gasteiger partial charge in [-0.1, -0.05) is 26.0 Å². The summed E-state index contributed by atoms with van der Waals surface area (Å²) in [5, 5.41) is 0.870. The number of hydrogen-bond donors (Lipinski definition) is 1. The van der Waals surface area contributed by atoms with E-state index in [1.54, 1.807) is 17.0 Å². The number of imidazole rings is 1. The minimum absolute atomic E-state index is 0.126. The number of anilines is 1. The monoisotopic (exact) mass is 469 g/mol. The number of carbonyl (C=O) groups excluding carboxylic acids is 1. The van der Waals surface area contributed by atoms with Crippen molar-refractivity contribution in [1.29, 1.82) is 0 Å². The Bertz CT molecular complexity index is 1460.